The van der Waals surface area contributed by atoms with Gasteiger partial charge in [-0.25, -0.2) is 9.59 Å². The number of carbonyl (C=O) groups excluding carboxylic acids is 2. The van der Waals surface area contributed by atoms with E-state index in [4.69, 9.17) is 23.2 Å². The van der Waals surface area contributed by atoms with Crippen LogP contribution in [0.3, 0.4) is 0 Å². The van der Waals surface area contributed by atoms with Crippen molar-refractivity contribution < 1.29 is 32.8 Å². The lowest BCUT2D eigenvalue weighted by Crippen LogP contribution is -2.40. The van der Waals surface area contributed by atoms with Crippen LogP contribution in [0.4, 0.5) is 0 Å². The number of carbonyl (C=O) groups is 2. The van der Waals surface area contributed by atoms with Crippen molar-refractivity contribution in [3.8, 4) is 0 Å². The van der Waals surface area contributed by atoms with Gasteiger partial charge in [0.2, 0.25) is 0 Å². The minimum atomic E-state index is -1.89. The lowest BCUT2D eigenvalue weighted by molar-refractivity contribution is -0.167. The van der Waals surface area contributed by atoms with Gasteiger partial charge >= 0.3 is 19.1 Å². The molecule has 0 spiro atoms. The summed E-state index contributed by atoms with van der Waals surface area (Å²) in [5.74, 6) is -0.370. The zero-order chi connectivity index (χ0) is 21.8. The van der Waals surface area contributed by atoms with Gasteiger partial charge in [0.05, 0.1) is 23.4 Å². The summed E-state index contributed by atoms with van der Waals surface area (Å²) >= 11 is 0. The molecule has 0 saturated carbocycles. The Morgan fingerprint density at radius 1 is 1.07 bits per heavy atom. The summed E-state index contributed by atoms with van der Waals surface area (Å²) in [6.45, 7) is 13.2. The molecule has 7 nitrogen and oxygen atoms in total. The first kappa shape index (κ1) is 23.4. The molecule has 0 aromatic carbocycles. The minimum Gasteiger partial charge on any atom is -0.471 e. The molecular formula is C20H31BO7Si. The Balaban J connectivity index is 2.05. The Kier molecular flexibility index (Phi) is 7.90. The first-order chi connectivity index (χ1) is 13.5. The first-order valence-electron chi connectivity index (χ1n) is 9.96. The molecule has 2 rings (SSSR count). The summed E-state index contributed by atoms with van der Waals surface area (Å²) in [6, 6.07) is 3.96. The number of allylic oxidation sites excluding steroid dienone is 1. The van der Waals surface area contributed by atoms with E-state index in [0.717, 1.165) is 11.1 Å². The van der Waals surface area contributed by atoms with Gasteiger partial charge < -0.3 is 23.2 Å². The Hall–Kier alpha value is -1.84. The summed E-state index contributed by atoms with van der Waals surface area (Å²) in [6.07, 6.45) is -0.575. The van der Waals surface area contributed by atoms with Crippen LogP contribution >= 0.6 is 0 Å². The van der Waals surface area contributed by atoms with Crippen molar-refractivity contribution in [2.75, 3.05) is 0 Å². The van der Waals surface area contributed by atoms with Crippen molar-refractivity contribution in [2.45, 2.75) is 78.4 Å². The van der Waals surface area contributed by atoms with Crippen molar-refractivity contribution in [2.24, 2.45) is 0 Å². The molecule has 1 aliphatic heterocycles. The molecule has 1 aromatic heterocycles. The zero-order valence-electron chi connectivity index (χ0n) is 18.3. The zero-order valence-corrected chi connectivity index (χ0v) is 19.3. The standard InChI is InChI=1S/C20H31BO7Si/c1-13(2)24-19(22)17-18(20(23)25-14(3)4)28-21(27-17)11-8-12-29(6,7)16-10-9-15(5)26-16/h8-10,12-14,17-18H,11H2,1-7H3/b12-8+/t17-,18-/m1/s1. The Morgan fingerprint density at radius 2 is 1.59 bits per heavy atom. The monoisotopic (exact) mass is 422 g/mol. The molecule has 0 amide bonds. The fourth-order valence-corrected chi connectivity index (χ4v) is 4.73. The average Bonchev–Trinajstić information content (AvgIpc) is 3.20. The summed E-state index contributed by atoms with van der Waals surface area (Å²) in [4.78, 5) is 24.7. The van der Waals surface area contributed by atoms with Crippen LogP contribution in [-0.4, -0.2) is 51.5 Å². The van der Waals surface area contributed by atoms with Crippen LogP contribution < -0.4 is 5.38 Å². The van der Waals surface area contributed by atoms with Crippen molar-refractivity contribution in [3.63, 3.8) is 0 Å². The van der Waals surface area contributed by atoms with E-state index in [1.807, 2.05) is 25.1 Å². The first-order valence-corrected chi connectivity index (χ1v) is 13.0. The van der Waals surface area contributed by atoms with Gasteiger partial charge in [0.1, 0.15) is 8.07 Å². The number of hydrogen-bond acceptors (Lipinski definition) is 7. The predicted molar refractivity (Wildman–Crippen MR) is 112 cm³/mol. The number of esters is 2. The van der Waals surface area contributed by atoms with E-state index < -0.39 is 39.3 Å². The lowest BCUT2D eigenvalue weighted by atomic mass is 9.85. The average molecular weight is 422 g/mol. The summed E-state index contributed by atoms with van der Waals surface area (Å²) in [5, 5.41) is 0.983. The summed E-state index contributed by atoms with van der Waals surface area (Å²) in [7, 11) is -2.63. The van der Waals surface area contributed by atoms with Crippen LogP contribution in [0.2, 0.25) is 19.4 Å². The minimum absolute atomic E-state index is 0.324. The molecule has 160 valence electrons. The summed E-state index contributed by atoms with van der Waals surface area (Å²) in [5.41, 5.74) is 2.12. The van der Waals surface area contributed by atoms with Gasteiger partial charge in [-0.05, 0) is 53.1 Å². The fourth-order valence-electron chi connectivity index (χ4n) is 2.91. The molecule has 29 heavy (non-hydrogen) atoms. The van der Waals surface area contributed by atoms with Gasteiger partial charge in [-0.1, -0.05) is 24.9 Å². The SMILES string of the molecule is Cc1ccc([Si](C)(C)/C=C/CB2O[C@@H](C(=O)OC(C)C)[C@H](C(=O)OC(C)C)O2)o1. The van der Waals surface area contributed by atoms with Gasteiger partial charge in [-0.3, -0.25) is 0 Å². The maximum absolute atomic E-state index is 12.4. The summed E-state index contributed by atoms with van der Waals surface area (Å²) < 4.78 is 27.6. The highest BCUT2D eigenvalue weighted by molar-refractivity contribution is 6.93. The van der Waals surface area contributed by atoms with Crippen LogP contribution in [0, 0.1) is 6.92 Å². The molecule has 0 N–H and O–H groups in total. The number of hydrogen-bond donors (Lipinski definition) is 0. The molecule has 0 bridgehead atoms. The van der Waals surface area contributed by atoms with Gasteiger partial charge in [0.15, 0.2) is 12.2 Å². The molecule has 0 radical (unpaired) electrons. The fraction of sp³-hybridized carbons (Fsp3) is 0.600. The highest BCUT2D eigenvalue weighted by atomic mass is 28.3. The van der Waals surface area contributed by atoms with Gasteiger partial charge in [-0.2, -0.15) is 0 Å². The van der Waals surface area contributed by atoms with E-state index in [2.05, 4.69) is 18.8 Å². The third-order valence-electron chi connectivity index (χ3n) is 4.28. The number of rotatable bonds is 8. The molecule has 9 heteroatoms. The smallest absolute Gasteiger partial charge is 0.462 e. The number of ether oxygens (including phenoxy) is 2. The van der Waals surface area contributed by atoms with E-state index in [0.29, 0.717) is 6.32 Å². The van der Waals surface area contributed by atoms with Crippen molar-refractivity contribution in [1.82, 2.24) is 0 Å². The van der Waals surface area contributed by atoms with Gasteiger partial charge in [0, 0.05) is 0 Å². The van der Waals surface area contributed by atoms with E-state index in [1.54, 1.807) is 27.7 Å². The largest absolute Gasteiger partial charge is 0.471 e. The van der Waals surface area contributed by atoms with Crippen LogP contribution in [0.5, 0.6) is 0 Å². The Labute approximate surface area is 173 Å². The molecule has 1 aromatic rings. The van der Waals surface area contributed by atoms with E-state index >= 15 is 0 Å². The third kappa shape index (κ3) is 6.58. The number of furan rings is 1. The van der Waals surface area contributed by atoms with Crippen LogP contribution in [0.15, 0.2) is 28.3 Å². The molecule has 1 saturated heterocycles. The molecule has 1 aliphatic rings. The molecule has 1 fully saturated rings. The van der Waals surface area contributed by atoms with E-state index in [9.17, 15) is 9.59 Å². The van der Waals surface area contributed by atoms with Crippen LogP contribution in [0.25, 0.3) is 0 Å². The van der Waals surface area contributed by atoms with Crippen molar-refractivity contribution in [1.29, 1.82) is 0 Å². The van der Waals surface area contributed by atoms with Gasteiger partial charge in [-0.15, -0.1) is 0 Å². The molecule has 0 unspecified atom stereocenters. The second kappa shape index (κ2) is 9.78. The molecule has 2 atom stereocenters. The Morgan fingerprint density at radius 3 is 2.00 bits per heavy atom. The van der Waals surface area contributed by atoms with E-state index in [1.165, 1.54) is 0 Å². The highest BCUT2D eigenvalue weighted by Crippen LogP contribution is 2.23. The molecule has 0 aliphatic carbocycles. The topological polar surface area (TPSA) is 84.2 Å². The highest BCUT2D eigenvalue weighted by Gasteiger charge is 2.49. The second-order valence-corrected chi connectivity index (χ2v) is 12.6. The maximum atomic E-state index is 12.4. The second-order valence-electron chi connectivity index (χ2n) is 8.28. The Bertz CT molecular complexity index is 711. The third-order valence-corrected chi connectivity index (χ3v) is 6.89. The molecule has 2 heterocycles. The van der Waals surface area contributed by atoms with E-state index in [-0.39, 0.29) is 12.2 Å². The molecular weight excluding hydrogens is 391 g/mol. The van der Waals surface area contributed by atoms with Crippen LogP contribution in [-0.2, 0) is 28.4 Å². The quantitative estimate of drug-likeness (QED) is 0.471. The maximum Gasteiger partial charge on any atom is 0.462 e. The lowest BCUT2D eigenvalue weighted by Gasteiger charge is -2.18. The normalized spacial score (nSPS) is 20.1. The predicted octanol–water partition coefficient (Wildman–Crippen LogP) is 2.77. The van der Waals surface area contributed by atoms with Gasteiger partial charge in [0.25, 0.3) is 0 Å². The van der Waals surface area contributed by atoms with Crippen LogP contribution in [0.1, 0.15) is 33.5 Å². The van der Waals surface area contributed by atoms with Crippen molar-refractivity contribution >= 4 is 32.5 Å². The number of aryl methyl sites for hydroxylation is 1. The van der Waals surface area contributed by atoms with Crippen molar-refractivity contribution in [3.05, 3.63) is 29.7 Å².